The third-order valence-corrected chi connectivity index (χ3v) is 3.50. The maximum atomic E-state index is 9.75. The number of allylic oxidation sites excluding steroid dienone is 1. The van der Waals surface area contributed by atoms with Crippen LogP contribution in [0.5, 0.6) is 0 Å². The van der Waals surface area contributed by atoms with Gasteiger partial charge in [-0.05, 0) is 48.8 Å². The molecule has 0 spiro atoms. The SMILES string of the molecule is Cc1cccc(/C=C/C2=C(C#N)C(O)NC(=S)N2)c1C. The molecule has 0 saturated heterocycles. The minimum atomic E-state index is -1.06. The molecule has 0 fully saturated rings. The van der Waals surface area contributed by atoms with E-state index in [0.717, 1.165) is 5.56 Å². The van der Waals surface area contributed by atoms with Gasteiger partial charge in [0, 0.05) is 0 Å². The summed E-state index contributed by atoms with van der Waals surface area (Å²) in [6.07, 6.45) is 2.60. The van der Waals surface area contributed by atoms with Gasteiger partial charge < -0.3 is 15.7 Å². The van der Waals surface area contributed by atoms with Gasteiger partial charge in [0.05, 0.1) is 5.70 Å². The molecule has 3 N–H and O–H groups in total. The van der Waals surface area contributed by atoms with Crippen molar-refractivity contribution in [2.45, 2.75) is 20.1 Å². The molecule has 0 bridgehead atoms. The van der Waals surface area contributed by atoms with Gasteiger partial charge in [-0.15, -0.1) is 0 Å². The van der Waals surface area contributed by atoms with Crippen LogP contribution in [-0.2, 0) is 0 Å². The van der Waals surface area contributed by atoms with E-state index in [0.29, 0.717) is 10.8 Å². The van der Waals surface area contributed by atoms with Crippen molar-refractivity contribution in [1.29, 1.82) is 5.26 Å². The number of hydrogen-bond acceptors (Lipinski definition) is 3. The Morgan fingerprint density at radius 3 is 2.80 bits per heavy atom. The Morgan fingerprint density at radius 2 is 2.10 bits per heavy atom. The lowest BCUT2D eigenvalue weighted by atomic mass is 10.0. The minimum Gasteiger partial charge on any atom is -0.369 e. The van der Waals surface area contributed by atoms with Gasteiger partial charge in [-0.2, -0.15) is 5.26 Å². The van der Waals surface area contributed by atoms with E-state index in [-0.39, 0.29) is 5.57 Å². The van der Waals surface area contributed by atoms with E-state index in [9.17, 15) is 5.11 Å². The van der Waals surface area contributed by atoms with E-state index in [4.69, 9.17) is 17.5 Å². The van der Waals surface area contributed by atoms with Gasteiger partial charge in [0.15, 0.2) is 11.3 Å². The first-order chi connectivity index (χ1) is 9.52. The Bertz CT molecular complexity index is 656. The largest absolute Gasteiger partial charge is 0.369 e. The quantitative estimate of drug-likeness (QED) is 0.724. The standard InChI is InChI=1S/C15H15N3OS/c1-9-4-3-5-11(10(9)2)6-7-13-12(8-16)14(19)18-15(20)17-13/h3-7,14,19H,1-2H3,(H2,17,18,20)/b7-6+. The number of aliphatic hydroxyl groups excluding tert-OH is 1. The van der Waals surface area contributed by atoms with Gasteiger partial charge >= 0.3 is 0 Å². The second kappa shape index (κ2) is 5.87. The summed E-state index contributed by atoms with van der Waals surface area (Å²) in [7, 11) is 0. The lowest BCUT2D eigenvalue weighted by molar-refractivity contribution is 0.196. The molecule has 20 heavy (non-hydrogen) atoms. The first-order valence-electron chi connectivity index (χ1n) is 6.17. The Kier molecular flexibility index (Phi) is 4.18. The summed E-state index contributed by atoms with van der Waals surface area (Å²) in [5.41, 5.74) is 4.19. The molecule has 4 nitrogen and oxygen atoms in total. The third kappa shape index (κ3) is 2.87. The zero-order valence-corrected chi connectivity index (χ0v) is 12.1. The maximum Gasteiger partial charge on any atom is 0.173 e. The Morgan fingerprint density at radius 1 is 1.35 bits per heavy atom. The zero-order chi connectivity index (χ0) is 14.7. The number of nitrogens with one attached hydrogen (secondary N) is 2. The molecule has 1 atom stereocenters. The average molecular weight is 285 g/mol. The van der Waals surface area contributed by atoms with Crippen LogP contribution in [0.25, 0.3) is 6.08 Å². The van der Waals surface area contributed by atoms with Gasteiger partial charge in [-0.1, -0.05) is 24.3 Å². The number of aryl methyl sites for hydroxylation is 1. The minimum absolute atomic E-state index is 0.222. The van der Waals surface area contributed by atoms with Crippen LogP contribution in [0.2, 0.25) is 0 Å². The van der Waals surface area contributed by atoms with Gasteiger partial charge in [0.2, 0.25) is 0 Å². The molecule has 0 radical (unpaired) electrons. The fourth-order valence-electron chi connectivity index (χ4n) is 1.95. The number of nitriles is 1. The van der Waals surface area contributed by atoms with Crippen LogP contribution in [0.15, 0.2) is 35.5 Å². The van der Waals surface area contributed by atoms with E-state index in [1.54, 1.807) is 6.08 Å². The fourth-order valence-corrected chi connectivity index (χ4v) is 2.17. The third-order valence-electron chi connectivity index (χ3n) is 3.28. The van der Waals surface area contributed by atoms with Crippen molar-refractivity contribution < 1.29 is 5.11 Å². The molecule has 0 aliphatic carbocycles. The Hall–Kier alpha value is -2.16. The van der Waals surface area contributed by atoms with E-state index in [2.05, 4.69) is 10.6 Å². The van der Waals surface area contributed by atoms with Crippen molar-refractivity contribution in [3.05, 3.63) is 52.2 Å². The van der Waals surface area contributed by atoms with Crippen molar-refractivity contribution in [3.8, 4) is 6.07 Å². The number of nitrogens with zero attached hydrogens (tertiary/aromatic N) is 1. The summed E-state index contributed by atoms with van der Waals surface area (Å²) in [5.74, 6) is 0. The highest BCUT2D eigenvalue weighted by Gasteiger charge is 2.21. The summed E-state index contributed by atoms with van der Waals surface area (Å²) >= 11 is 4.98. The molecule has 0 amide bonds. The second-order valence-corrected chi connectivity index (χ2v) is 4.97. The van der Waals surface area contributed by atoms with E-state index in [1.807, 2.05) is 44.2 Å². The molecular formula is C15H15N3OS. The molecule has 1 aliphatic rings. The number of thiocarbonyl (C=S) groups is 1. The van der Waals surface area contributed by atoms with Crippen LogP contribution in [0.3, 0.4) is 0 Å². The summed E-state index contributed by atoms with van der Waals surface area (Å²) in [6, 6.07) is 8.01. The Labute approximate surface area is 123 Å². The molecule has 1 aromatic rings. The molecule has 1 heterocycles. The fraction of sp³-hybridized carbons (Fsp3) is 0.200. The molecule has 0 saturated carbocycles. The average Bonchev–Trinajstić information content (AvgIpc) is 2.40. The molecule has 2 rings (SSSR count). The lowest BCUT2D eigenvalue weighted by Crippen LogP contribution is -2.47. The van der Waals surface area contributed by atoms with Crippen LogP contribution >= 0.6 is 12.2 Å². The van der Waals surface area contributed by atoms with Crippen LogP contribution < -0.4 is 10.6 Å². The van der Waals surface area contributed by atoms with Crippen LogP contribution in [0.4, 0.5) is 0 Å². The van der Waals surface area contributed by atoms with Crippen LogP contribution in [0.1, 0.15) is 16.7 Å². The van der Waals surface area contributed by atoms with Crippen LogP contribution in [-0.4, -0.2) is 16.4 Å². The van der Waals surface area contributed by atoms with E-state index >= 15 is 0 Å². The summed E-state index contributed by atoms with van der Waals surface area (Å²) in [6.45, 7) is 4.10. The van der Waals surface area contributed by atoms with Gasteiger partial charge in [0.1, 0.15) is 11.6 Å². The highest BCUT2D eigenvalue weighted by molar-refractivity contribution is 7.80. The number of aliphatic hydroxyl groups is 1. The normalized spacial score (nSPS) is 18.7. The topological polar surface area (TPSA) is 68.1 Å². The van der Waals surface area contributed by atoms with Crippen molar-refractivity contribution >= 4 is 23.4 Å². The zero-order valence-electron chi connectivity index (χ0n) is 11.3. The molecule has 1 unspecified atom stereocenters. The van der Waals surface area contributed by atoms with Gasteiger partial charge in [-0.25, -0.2) is 0 Å². The van der Waals surface area contributed by atoms with Crippen molar-refractivity contribution in [1.82, 2.24) is 10.6 Å². The second-order valence-electron chi connectivity index (χ2n) is 4.56. The van der Waals surface area contributed by atoms with E-state index < -0.39 is 6.23 Å². The van der Waals surface area contributed by atoms with Crippen molar-refractivity contribution in [3.63, 3.8) is 0 Å². The smallest absolute Gasteiger partial charge is 0.173 e. The number of hydrogen-bond donors (Lipinski definition) is 3. The summed E-state index contributed by atoms with van der Waals surface area (Å²) in [5, 5.41) is 24.6. The maximum absolute atomic E-state index is 9.75. The molecule has 102 valence electrons. The monoisotopic (exact) mass is 285 g/mol. The molecule has 1 aliphatic heterocycles. The van der Waals surface area contributed by atoms with Gasteiger partial charge in [-0.3, -0.25) is 0 Å². The molecule has 5 heteroatoms. The van der Waals surface area contributed by atoms with Crippen LogP contribution in [0, 0.1) is 25.2 Å². The Balaban J connectivity index is 2.37. The number of benzene rings is 1. The van der Waals surface area contributed by atoms with E-state index in [1.165, 1.54) is 11.1 Å². The lowest BCUT2D eigenvalue weighted by Gasteiger charge is -2.23. The number of rotatable bonds is 2. The first-order valence-corrected chi connectivity index (χ1v) is 6.58. The first kappa shape index (κ1) is 14.3. The van der Waals surface area contributed by atoms with Crippen molar-refractivity contribution in [2.75, 3.05) is 0 Å². The van der Waals surface area contributed by atoms with Gasteiger partial charge in [0.25, 0.3) is 0 Å². The van der Waals surface area contributed by atoms with Crippen molar-refractivity contribution in [2.24, 2.45) is 0 Å². The molecule has 1 aromatic carbocycles. The summed E-state index contributed by atoms with van der Waals surface area (Å²) < 4.78 is 0. The summed E-state index contributed by atoms with van der Waals surface area (Å²) in [4.78, 5) is 0. The highest BCUT2D eigenvalue weighted by atomic mass is 32.1. The molecule has 0 aromatic heterocycles. The predicted octanol–water partition coefficient (Wildman–Crippen LogP) is 1.89. The highest BCUT2D eigenvalue weighted by Crippen LogP contribution is 2.17. The predicted molar refractivity (Wildman–Crippen MR) is 82.5 cm³/mol. The molecular weight excluding hydrogens is 270 g/mol.